The van der Waals surface area contributed by atoms with Crippen molar-refractivity contribution in [1.82, 2.24) is 10.2 Å². The van der Waals surface area contributed by atoms with Crippen LogP contribution in [0.2, 0.25) is 5.02 Å². The number of halogens is 1. The van der Waals surface area contributed by atoms with Gasteiger partial charge >= 0.3 is 0 Å². The summed E-state index contributed by atoms with van der Waals surface area (Å²) in [6.07, 6.45) is 3.42. The van der Waals surface area contributed by atoms with Gasteiger partial charge in [0.1, 0.15) is 0 Å². The lowest BCUT2D eigenvalue weighted by molar-refractivity contribution is 1.05. The number of aromatic nitrogens is 2. The van der Waals surface area contributed by atoms with Crippen molar-refractivity contribution in [3.05, 3.63) is 35.1 Å². The van der Waals surface area contributed by atoms with E-state index >= 15 is 0 Å². The molecule has 0 saturated heterocycles. The maximum atomic E-state index is 5.96. The van der Waals surface area contributed by atoms with Gasteiger partial charge in [-0.25, -0.2) is 0 Å². The molecule has 0 bridgehead atoms. The normalized spacial score (nSPS) is 10.5. The maximum Gasteiger partial charge on any atom is 0.0589 e. The lowest BCUT2D eigenvalue weighted by Crippen LogP contribution is -1.84. The lowest BCUT2D eigenvalue weighted by Gasteiger charge is -2.00. The number of hydrogen-bond acceptors (Lipinski definition) is 2. The van der Waals surface area contributed by atoms with E-state index < -0.39 is 0 Å². The first-order valence-corrected chi connectivity index (χ1v) is 4.02. The fourth-order valence-electron chi connectivity index (χ4n) is 1.20. The second-order valence-electron chi connectivity index (χ2n) is 2.68. The van der Waals surface area contributed by atoms with E-state index in [2.05, 4.69) is 10.2 Å². The molecule has 12 heavy (non-hydrogen) atoms. The highest BCUT2D eigenvalue weighted by Crippen LogP contribution is 2.23. The molecule has 3 heteroatoms. The molecular weight excluding hydrogens is 172 g/mol. The van der Waals surface area contributed by atoms with Crippen LogP contribution in [-0.4, -0.2) is 10.2 Å². The Labute approximate surface area is 75.2 Å². The number of hydrogen-bond donors (Lipinski definition) is 0. The zero-order valence-electron chi connectivity index (χ0n) is 6.58. The summed E-state index contributed by atoms with van der Waals surface area (Å²) in [5.41, 5.74) is 1.17. The molecule has 2 aromatic rings. The molecule has 0 spiro atoms. The average molecular weight is 179 g/mol. The van der Waals surface area contributed by atoms with Crippen molar-refractivity contribution in [3.63, 3.8) is 0 Å². The number of benzene rings is 1. The van der Waals surface area contributed by atoms with Gasteiger partial charge < -0.3 is 0 Å². The quantitative estimate of drug-likeness (QED) is 0.620. The minimum absolute atomic E-state index is 0.727. The van der Waals surface area contributed by atoms with Gasteiger partial charge in [0.25, 0.3) is 0 Å². The van der Waals surface area contributed by atoms with Crippen molar-refractivity contribution in [2.24, 2.45) is 0 Å². The monoisotopic (exact) mass is 178 g/mol. The van der Waals surface area contributed by atoms with Crippen LogP contribution in [0.5, 0.6) is 0 Å². The summed E-state index contributed by atoms with van der Waals surface area (Å²) in [4.78, 5) is 0. The van der Waals surface area contributed by atoms with Gasteiger partial charge in [0.15, 0.2) is 0 Å². The van der Waals surface area contributed by atoms with Crippen LogP contribution in [0, 0.1) is 6.92 Å². The predicted molar refractivity (Wildman–Crippen MR) is 49.3 cm³/mol. The minimum atomic E-state index is 0.727. The van der Waals surface area contributed by atoms with Crippen LogP contribution in [0.15, 0.2) is 24.5 Å². The molecule has 0 saturated carbocycles. The summed E-state index contributed by atoms with van der Waals surface area (Å²) in [7, 11) is 0. The molecule has 1 aromatic carbocycles. The lowest BCUT2D eigenvalue weighted by atomic mass is 10.1. The van der Waals surface area contributed by atoms with Gasteiger partial charge in [-0.15, -0.1) is 0 Å². The highest BCUT2D eigenvalue weighted by molar-refractivity contribution is 6.35. The molecular formula is C9H7ClN2. The fraction of sp³-hybridized carbons (Fsp3) is 0.111. The second kappa shape index (κ2) is 2.72. The molecule has 0 aliphatic carbocycles. The third kappa shape index (κ3) is 1.04. The summed E-state index contributed by atoms with van der Waals surface area (Å²) >= 11 is 5.96. The standard InChI is InChI=1S/C9H7ClN2/c1-6-2-3-9(10)8-5-12-11-4-7(6)8/h2-5H,1H3. The van der Waals surface area contributed by atoms with Crippen molar-refractivity contribution in [1.29, 1.82) is 0 Å². The van der Waals surface area contributed by atoms with Gasteiger partial charge in [-0.2, -0.15) is 10.2 Å². The Morgan fingerprint density at radius 3 is 2.42 bits per heavy atom. The number of rotatable bonds is 0. The van der Waals surface area contributed by atoms with Crippen LogP contribution in [-0.2, 0) is 0 Å². The Morgan fingerprint density at radius 2 is 1.75 bits per heavy atom. The summed E-state index contributed by atoms with van der Waals surface area (Å²) in [6, 6.07) is 3.85. The Bertz CT molecular complexity index is 385. The van der Waals surface area contributed by atoms with E-state index in [1.54, 1.807) is 12.4 Å². The van der Waals surface area contributed by atoms with E-state index in [-0.39, 0.29) is 0 Å². The molecule has 0 aliphatic heterocycles. The van der Waals surface area contributed by atoms with Gasteiger partial charge in [0.2, 0.25) is 0 Å². The molecule has 2 nitrogen and oxygen atoms in total. The van der Waals surface area contributed by atoms with Crippen LogP contribution < -0.4 is 0 Å². The van der Waals surface area contributed by atoms with E-state index in [1.165, 1.54) is 5.56 Å². The first-order valence-electron chi connectivity index (χ1n) is 3.64. The molecule has 2 rings (SSSR count). The molecule has 1 heterocycles. The van der Waals surface area contributed by atoms with Crippen LogP contribution in [0.1, 0.15) is 5.56 Å². The maximum absolute atomic E-state index is 5.96. The van der Waals surface area contributed by atoms with Gasteiger partial charge in [-0.05, 0) is 18.6 Å². The van der Waals surface area contributed by atoms with E-state index in [0.29, 0.717) is 0 Å². The summed E-state index contributed by atoms with van der Waals surface area (Å²) < 4.78 is 0. The number of fused-ring (bicyclic) bond motifs is 1. The van der Waals surface area contributed by atoms with Crippen LogP contribution >= 0.6 is 11.6 Å². The van der Waals surface area contributed by atoms with Crippen LogP contribution in [0.3, 0.4) is 0 Å². The van der Waals surface area contributed by atoms with Crippen LogP contribution in [0.4, 0.5) is 0 Å². The molecule has 0 N–H and O–H groups in total. The Kier molecular flexibility index (Phi) is 1.70. The predicted octanol–water partition coefficient (Wildman–Crippen LogP) is 2.59. The molecule has 0 radical (unpaired) electrons. The molecule has 60 valence electrons. The van der Waals surface area contributed by atoms with E-state index in [1.807, 2.05) is 19.1 Å². The first kappa shape index (κ1) is 7.50. The number of aryl methyl sites for hydroxylation is 1. The van der Waals surface area contributed by atoms with Crippen molar-refractivity contribution in [2.75, 3.05) is 0 Å². The third-order valence-electron chi connectivity index (χ3n) is 1.89. The first-order chi connectivity index (χ1) is 5.79. The third-order valence-corrected chi connectivity index (χ3v) is 2.22. The molecule has 0 atom stereocenters. The van der Waals surface area contributed by atoms with E-state index in [9.17, 15) is 0 Å². The topological polar surface area (TPSA) is 25.8 Å². The second-order valence-corrected chi connectivity index (χ2v) is 3.09. The SMILES string of the molecule is Cc1ccc(Cl)c2cnncc12. The van der Waals surface area contributed by atoms with Gasteiger partial charge in [0, 0.05) is 10.8 Å². The van der Waals surface area contributed by atoms with Gasteiger partial charge in [0.05, 0.1) is 17.4 Å². The number of nitrogens with zero attached hydrogens (tertiary/aromatic N) is 2. The highest BCUT2D eigenvalue weighted by Gasteiger charge is 2.00. The molecule has 0 amide bonds. The molecule has 0 aliphatic rings. The van der Waals surface area contributed by atoms with Crippen molar-refractivity contribution in [3.8, 4) is 0 Å². The summed E-state index contributed by atoms with van der Waals surface area (Å²) in [5, 5.41) is 10.3. The summed E-state index contributed by atoms with van der Waals surface area (Å²) in [5.74, 6) is 0. The van der Waals surface area contributed by atoms with Crippen molar-refractivity contribution < 1.29 is 0 Å². The highest BCUT2D eigenvalue weighted by atomic mass is 35.5. The fourth-order valence-corrected chi connectivity index (χ4v) is 1.42. The summed E-state index contributed by atoms with van der Waals surface area (Å²) in [6.45, 7) is 2.03. The molecule has 1 aromatic heterocycles. The van der Waals surface area contributed by atoms with Gasteiger partial charge in [-0.1, -0.05) is 17.7 Å². The Balaban J connectivity index is 2.95. The van der Waals surface area contributed by atoms with Crippen molar-refractivity contribution >= 4 is 22.4 Å². The van der Waals surface area contributed by atoms with Crippen molar-refractivity contribution in [2.45, 2.75) is 6.92 Å². The largest absolute Gasteiger partial charge is 0.158 e. The minimum Gasteiger partial charge on any atom is -0.158 e. The Morgan fingerprint density at radius 1 is 1.08 bits per heavy atom. The average Bonchev–Trinajstić information content (AvgIpc) is 2.12. The zero-order chi connectivity index (χ0) is 8.55. The Hall–Kier alpha value is -1.15. The molecule has 0 unspecified atom stereocenters. The van der Waals surface area contributed by atoms with E-state index in [4.69, 9.17) is 11.6 Å². The van der Waals surface area contributed by atoms with Crippen LogP contribution in [0.25, 0.3) is 10.8 Å². The van der Waals surface area contributed by atoms with E-state index in [0.717, 1.165) is 15.8 Å². The molecule has 0 fully saturated rings. The van der Waals surface area contributed by atoms with Gasteiger partial charge in [-0.3, -0.25) is 0 Å². The zero-order valence-corrected chi connectivity index (χ0v) is 7.34. The smallest absolute Gasteiger partial charge is 0.0589 e.